The fourth-order valence-corrected chi connectivity index (χ4v) is 4.35. The topological polar surface area (TPSA) is 94.3 Å². The molecule has 1 aliphatic rings. The molecule has 0 atom stereocenters. The second-order valence-corrected chi connectivity index (χ2v) is 8.32. The van der Waals surface area contributed by atoms with Crippen LogP contribution in [0.15, 0.2) is 50.8 Å². The summed E-state index contributed by atoms with van der Waals surface area (Å²) < 4.78 is 12.4. The van der Waals surface area contributed by atoms with Crippen molar-refractivity contribution in [2.75, 3.05) is 20.7 Å². The number of nitro benzene ring substituents is 1. The third-order valence-electron chi connectivity index (χ3n) is 4.35. The molecule has 2 aromatic rings. The SMILES string of the molecule is CCOc1cc(/C=C2/SC(=NC)N(C)C2=O)cc(Br)c1OCc1ccc([N+](=O)[O-])cc1. The zero-order valence-electron chi connectivity index (χ0n) is 17.1. The summed E-state index contributed by atoms with van der Waals surface area (Å²) in [6.45, 7) is 2.52. The van der Waals surface area contributed by atoms with Crippen molar-refractivity contribution in [2.24, 2.45) is 4.99 Å². The summed E-state index contributed by atoms with van der Waals surface area (Å²) in [6, 6.07) is 9.83. The Bertz CT molecular complexity index is 1070. The summed E-state index contributed by atoms with van der Waals surface area (Å²) in [6.07, 6.45) is 1.79. The lowest BCUT2D eigenvalue weighted by atomic mass is 10.1. The molecule has 1 saturated heterocycles. The first-order valence-electron chi connectivity index (χ1n) is 9.31. The highest BCUT2D eigenvalue weighted by atomic mass is 79.9. The molecule has 0 unspecified atom stereocenters. The molecular formula is C21H20BrN3O5S. The molecule has 31 heavy (non-hydrogen) atoms. The number of benzene rings is 2. The van der Waals surface area contributed by atoms with E-state index in [0.29, 0.717) is 32.7 Å². The van der Waals surface area contributed by atoms with E-state index in [1.165, 1.54) is 28.8 Å². The number of hydrogen-bond donors (Lipinski definition) is 0. The Labute approximate surface area is 192 Å². The minimum atomic E-state index is -0.442. The molecule has 2 aromatic carbocycles. The number of non-ortho nitro benzene ring substituents is 1. The Hall–Kier alpha value is -2.85. The fraction of sp³-hybridized carbons (Fsp3) is 0.238. The van der Waals surface area contributed by atoms with Crippen LogP contribution in [0.1, 0.15) is 18.1 Å². The number of carbonyl (C=O) groups excluding carboxylic acids is 1. The molecule has 1 fully saturated rings. The van der Waals surface area contributed by atoms with Gasteiger partial charge in [-0.25, -0.2) is 0 Å². The van der Waals surface area contributed by atoms with Crippen molar-refractivity contribution >= 4 is 50.5 Å². The first-order valence-corrected chi connectivity index (χ1v) is 10.9. The maximum Gasteiger partial charge on any atom is 0.269 e. The lowest BCUT2D eigenvalue weighted by molar-refractivity contribution is -0.384. The van der Waals surface area contributed by atoms with Gasteiger partial charge in [0.05, 0.1) is 20.9 Å². The molecule has 0 spiro atoms. The molecular weight excluding hydrogens is 486 g/mol. The highest BCUT2D eigenvalue weighted by Crippen LogP contribution is 2.39. The first-order chi connectivity index (χ1) is 14.8. The highest BCUT2D eigenvalue weighted by Gasteiger charge is 2.29. The first kappa shape index (κ1) is 22.8. The molecule has 3 rings (SSSR count). The lowest BCUT2D eigenvalue weighted by Gasteiger charge is -2.15. The zero-order chi connectivity index (χ0) is 22.5. The van der Waals surface area contributed by atoms with Crippen molar-refractivity contribution in [3.05, 3.63) is 67.0 Å². The smallest absolute Gasteiger partial charge is 0.269 e. The van der Waals surface area contributed by atoms with Crippen molar-refractivity contribution in [3.8, 4) is 11.5 Å². The van der Waals surface area contributed by atoms with E-state index in [1.54, 1.807) is 38.4 Å². The van der Waals surface area contributed by atoms with Gasteiger partial charge in [-0.3, -0.25) is 24.8 Å². The second kappa shape index (κ2) is 9.97. The second-order valence-electron chi connectivity index (χ2n) is 6.46. The number of amidine groups is 1. The molecule has 0 radical (unpaired) electrons. The quantitative estimate of drug-likeness (QED) is 0.302. The van der Waals surface area contributed by atoms with Gasteiger partial charge in [0, 0.05) is 26.2 Å². The molecule has 162 valence electrons. The third kappa shape index (κ3) is 5.26. The number of amides is 1. The Kier molecular flexibility index (Phi) is 7.34. The van der Waals surface area contributed by atoms with Crippen LogP contribution in [-0.2, 0) is 11.4 Å². The van der Waals surface area contributed by atoms with Crippen LogP contribution >= 0.6 is 27.7 Å². The monoisotopic (exact) mass is 505 g/mol. The third-order valence-corrected chi connectivity index (χ3v) is 6.10. The van der Waals surface area contributed by atoms with E-state index in [4.69, 9.17) is 9.47 Å². The van der Waals surface area contributed by atoms with Gasteiger partial charge in [0.15, 0.2) is 16.7 Å². The number of nitro groups is 1. The van der Waals surface area contributed by atoms with E-state index >= 15 is 0 Å². The lowest BCUT2D eigenvalue weighted by Crippen LogP contribution is -2.23. The van der Waals surface area contributed by atoms with E-state index in [0.717, 1.165) is 11.1 Å². The van der Waals surface area contributed by atoms with Gasteiger partial charge in [0.2, 0.25) is 0 Å². The van der Waals surface area contributed by atoms with Gasteiger partial charge in [0.25, 0.3) is 11.6 Å². The number of aliphatic imine (C=N–C) groups is 1. The summed E-state index contributed by atoms with van der Waals surface area (Å²) in [5, 5.41) is 11.4. The van der Waals surface area contributed by atoms with Crippen LogP contribution in [0.3, 0.4) is 0 Å². The predicted octanol–water partition coefficient (Wildman–Crippen LogP) is 4.87. The maximum absolute atomic E-state index is 12.4. The van der Waals surface area contributed by atoms with E-state index in [1.807, 2.05) is 13.0 Å². The van der Waals surface area contributed by atoms with Crippen LogP contribution in [0.5, 0.6) is 11.5 Å². The molecule has 1 amide bonds. The number of thioether (sulfide) groups is 1. The summed E-state index contributed by atoms with van der Waals surface area (Å²) in [7, 11) is 3.34. The van der Waals surface area contributed by atoms with Gasteiger partial charge in [-0.2, -0.15) is 0 Å². The molecule has 0 aliphatic carbocycles. The number of halogens is 1. The Morgan fingerprint density at radius 1 is 1.26 bits per heavy atom. The summed E-state index contributed by atoms with van der Waals surface area (Å²) >= 11 is 4.84. The van der Waals surface area contributed by atoms with Crippen molar-refractivity contribution in [2.45, 2.75) is 13.5 Å². The number of nitrogens with zero attached hydrogens (tertiary/aromatic N) is 3. The van der Waals surface area contributed by atoms with Crippen molar-refractivity contribution in [1.29, 1.82) is 0 Å². The van der Waals surface area contributed by atoms with Crippen molar-refractivity contribution in [1.82, 2.24) is 4.90 Å². The number of likely N-dealkylation sites (N-methyl/N-ethyl adjacent to an activating group) is 1. The summed E-state index contributed by atoms with van der Waals surface area (Å²) in [4.78, 5) is 29.0. The molecule has 0 aromatic heterocycles. The van der Waals surface area contributed by atoms with Gasteiger partial charge in [0.1, 0.15) is 6.61 Å². The van der Waals surface area contributed by atoms with Crippen LogP contribution in [-0.4, -0.2) is 41.6 Å². The summed E-state index contributed by atoms with van der Waals surface area (Å²) in [5.41, 5.74) is 1.59. The number of ether oxygens (including phenoxy) is 2. The average Bonchev–Trinajstić information content (AvgIpc) is 3.01. The molecule has 1 aliphatic heterocycles. The molecule has 0 saturated carbocycles. The van der Waals surface area contributed by atoms with Crippen molar-refractivity contribution in [3.63, 3.8) is 0 Å². The average molecular weight is 506 g/mol. The normalized spacial score (nSPS) is 16.3. The number of rotatable bonds is 7. The van der Waals surface area contributed by atoms with Gasteiger partial charge in [-0.1, -0.05) is 0 Å². The van der Waals surface area contributed by atoms with Gasteiger partial charge in [-0.15, -0.1) is 0 Å². The summed E-state index contributed by atoms with van der Waals surface area (Å²) in [5.74, 6) is 0.928. The minimum Gasteiger partial charge on any atom is -0.490 e. The number of carbonyl (C=O) groups is 1. The fourth-order valence-electron chi connectivity index (χ4n) is 2.84. The standard InChI is InChI=1S/C21H20BrN3O5S/c1-4-29-17-10-14(11-18-20(26)24(3)21(23-2)31-18)9-16(22)19(17)30-12-13-5-7-15(8-6-13)25(27)28/h5-11H,4,12H2,1-3H3/b18-11+,23-21?. The Morgan fingerprint density at radius 2 is 1.97 bits per heavy atom. The van der Waals surface area contributed by atoms with Gasteiger partial charge in [-0.05, 0) is 76.1 Å². The van der Waals surface area contributed by atoms with E-state index < -0.39 is 4.92 Å². The van der Waals surface area contributed by atoms with Crippen LogP contribution in [0.25, 0.3) is 6.08 Å². The molecule has 8 nitrogen and oxygen atoms in total. The maximum atomic E-state index is 12.4. The number of hydrogen-bond acceptors (Lipinski definition) is 7. The van der Waals surface area contributed by atoms with Crippen LogP contribution in [0.4, 0.5) is 5.69 Å². The van der Waals surface area contributed by atoms with Gasteiger partial charge < -0.3 is 9.47 Å². The minimum absolute atomic E-state index is 0.0265. The van der Waals surface area contributed by atoms with Crippen LogP contribution in [0.2, 0.25) is 0 Å². The van der Waals surface area contributed by atoms with Crippen LogP contribution in [0, 0.1) is 10.1 Å². The predicted molar refractivity (Wildman–Crippen MR) is 124 cm³/mol. The largest absolute Gasteiger partial charge is 0.490 e. The molecule has 0 bridgehead atoms. The van der Waals surface area contributed by atoms with Gasteiger partial charge >= 0.3 is 0 Å². The highest BCUT2D eigenvalue weighted by molar-refractivity contribution is 9.10. The van der Waals surface area contributed by atoms with E-state index in [9.17, 15) is 14.9 Å². The van der Waals surface area contributed by atoms with Crippen LogP contribution < -0.4 is 9.47 Å². The van der Waals surface area contributed by atoms with Crippen molar-refractivity contribution < 1.29 is 19.2 Å². The van der Waals surface area contributed by atoms with E-state index in [-0.39, 0.29) is 18.2 Å². The Morgan fingerprint density at radius 3 is 2.55 bits per heavy atom. The Balaban J connectivity index is 1.84. The molecule has 10 heteroatoms. The molecule has 0 N–H and O–H groups in total. The van der Waals surface area contributed by atoms with E-state index in [2.05, 4.69) is 20.9 Å². The zero-order valence-corrected chi connectivity index (χ0v) is 19.5. The molecule has 1 heterocycles.